The van der Waals surface area contributed by atoms with Crippen molar-refractivity contribution in [1.29, 1.82) is 0 Å². The van der Waals surface area contributed by atoms with Gasteiger partial charge in [0.25, 0.3) is 0 Å². The number of hydrogen-bond donors (Lipinski definition) is 2. The van der Waals surface area contributed by atoms with Gasteiger partial charge in [0.2, 0.25) is 5.91 Å². The first-order valence-electron chi connectivity index (χ1n) is 8.48. The molecule has 9 heteroatoms. The molecule has 0 radical (unpaired) electrons. The van der Waals surface area contributed by atoms with Crippen LogP contribution in [0.3, 0.4) is 0 Å². The van der Waals surface area contributed by atoms with Crippen molar-refractivity contribution in [3.63, 3.8) is 0 Å². The van der Waals surface area contributed by atoms with Crippen LogP contribution in [0.15, 0.2) is 12.2 Å². The number of rotatable bonds is 17. The maximum Gasteiger partial charge on any atom is 0.333 e. The average molecular weight is 375 g/mol. The predicted molar refractivity (Wildman–Crippen MR) is 92.7 cm³/mol. The third-order valence-electron chi connectivity index (χ3n) is 2.91. The third kappa shape index (κ3) is 16.9. The van der Waals surface area contributed by atoms with Gasteiger partial charge in [0, 0.05) is 25.1 Å². The van der Waals surface area contributed by atoms with Crippen molar-refractivity contribution in [2.75, 3.05) is 52.8 Å². The van der Waals surface area contributed by atoms with E-state index in [1.165, 1.54) is 0 Å². The lowest BCUT2D eigenvalue weighted by atomic mass is 10.3. The minimum Gasteiger partial charge on any atom is -0.481 e. The molecule has 0 aromatic carbocycles. The quantitative estimate of drug-likeness (QED) is 0.215. The van der Waals surface area contributed by atoms with Crippen molar-refractivity contribution in [1.82, 2.24) is 5.32 Å². The molecule has 0 aliphatic rings. The molecule has 0 unspecified atom stereocenters. The summed E-state index contributed by atoms with van der Waals surface area (Å²) in [5.74, 6) is -1.69. The first kappa shape index (κ1) is 24.0. The summed E-state index contributed by atoms with van der Waals surface area (Å²) in [5, 5.41) is 11.1. The molecule has 0 fully saturated rings. The minimum atomic E-state index is -0.986. The van der Waals surface area contributed by atoms with Crippen LogP contribution in [0.25, 0.3) is 0 Å². The van der Waals surface area contributed by atoms with E-state index < -0.39 is 11.9 Å². The van der Waals surface area contributed by atoms with Gasteiger partial charge in [0.1, 0.15) is 6.61 Å². The molecule has 0 spiro atoms. The zero-order valence-electron chi connectivity index (χ0n) is 15.3. The second-order valence-electron chi connectivity index (χ2n) is 5.35. The van der Waals surface area contributed by atoms with Crippen molar-refractivity contribution in [3.8, 4) is 0 Å². The van der Waals surface area contributed by atoms with Gasteiger partial charge < -0.3 is 29.4 Å². The number of carbonyl (C=O) groups excluding carboxylic acids is 2. The fourth-order valence-electron chi connectivity index (χ4n) is 1.57. The molecular formula is C17H29NO8. The van der Waals surface area contributed by atoms with Crippen LogP contribution in [0.5, 0.6) is 0 Å². The normalized spacial score (nSPS) is 10.3. The van der Waals surface area contributed by atoms with E-state index in [-0.39, 0.29) is 25.4 Å². The molecule has 0 aliphatic heterocycles. The van der Waals surface area contributed by atoms with Crippen LogP contribution in [-0.4, -0.2) is 75.7 Å². The Labute approximate surface area is 153 Å². The summed E-state index contributed by atoms with van der Waals surface area (Å²) in [6.07, 6.45) is 0.469. The van der Waals surface area contributed by atoms with Gasteiger partial charge in [-0.3, -0.25) is 9.59 Å². The molecule has 1 amide bonds. The number of esters is 1. The van der Waals surface area contributed by atoms with Crippen LogP contribution in [0.2, 0.25) is 0 Å². The van der Waals surface area contributed by atoms with Crippen molar-refractivity contribution >= 4 is 17.8 Å². The summed E-state index contributed by atoms with van der Waals surface area (Å²) in [4.78, 5) is 32.6. The number of hydrogen-bond acceptors (Lipinski definition) is 7. The Kier molecular flexibility index (Phi) is 15.2. The second kappa shape index (κ2) is 16.5. The van der Waals surface area contributed by atoms with Gasteiger partial charge >= 0.3 is 11.9 Å². The fourth-order valence-corrected chi connectivity index (χ4v) is 1.57. The summed E-state index contributed by atoms with van der Waals surface area (Å²) in [6.45, 7) is 8.14. The number of carboxylic acid groups (broad SMARTS) is 1. The van der Waals surface area contributed by atoms with E-state index in [4.69, 9.17) is 24.1 Å². The van der Waals surface area contributed by atoms with E-state index in [2.05, 4.69) is 11.9 Å². The molecule has 2 N–H and O–H groups in total. The number of amides is 1. The first-order chi connectivity index (χ1) is 12.4. The lowest BCUT2D eigenvalue weighted by molar-refractivity contribution is -0.140. The zero-order valence-corrected chi connectivity index (χ0v) is 15.3. The summed E-state index contributed by atoms with van der Waals surface area (Å²) in [5.41, 5.74) is 0.355. The van der Waals surface area contributed by atoms with Crippen LogP contribution < -0.4 is 5.32 Å². The predicted octanol–water partition coefficient (Wildman–Crippen LogP) is 0.527. The van der Waals surface area contributed by atoms with Crippen molar-refractivity contribution in [2.24, 2.45) is 0 Å². The van der Waals surface area contributed by atoms with Crippen molar-refractivity contribution < 1.29 is 38.4 Å². The van der Waals surface area contributed by atoms with Crippen molar-refractivity contribution in [3.05, 3.63) is 12.2 Å². The van der Waals surface area contributed by atoms with Crippen LogP contribution >= 0.6 is 0 Å². The Morgan fingerprint density at radius 3 is 1.96 bits per heavy atom. The lowest BCUT2D eigenvalue weighted by Gasteiger charge is -2.08. The molecule has 0 bridgehead atoms. The van der Waals surface area contributed by atoms with E-state index >= 15 is 0 Å². The molecule has 0 saturated heterocycles. The van der Waals surface area contributed by atoms with E-state index in [9.17, 15) is 14.4 Å². The number of carbonyl (C=O) groups is 3. The SMILES string of the molecule is C=C(C)C(=O)OCCOCCOCCOCCCNC(=O)CCC(=O)O. The Hall–Kier alpha value is -1.97. The van der Waals surface area contributed by atoms with Crippen molar-refractivity contribution in [2.45, 2.75) is 26.2 Å². The molecule has 0 aromatic heterocycles. The molecule has 0 saturated carbocycles. The number of nitrogens with one attached hydrogen (secondary N) is 1. The van der Waals surface area contributed by atoms with Gasteiger partial charge in [0.05, 0.1) is 39.5 Å². The highest BCUT2D eigenvalue weighted by molar-refractivity contribution is 5.86. The van der Waals surface area contributed by atoms with E-state index in [0.717, 1.165) is 0 Å². The molecule has 0 rings (SSSR count). The maximum absolute atomic E-state index is 11.2. The Balaban J connectivity index is 3.20. The molecule has 26 heavy (non-hydrogen) atoms. The second-order valence-corrected chi connectivity index (χ2v) is 5.35. The molecule has 0 atom stereocenters. The largest absolute Gasteiger partial charge is 0.481 e. The monoisotopic (exact) mass is 375 g/mol. The van der Waals surface area contributed by atoms with Crippen LogP contribution in [0.1, 0.15) is 26.2 Å². The molecular weight excluding hydrogens is 346 g/mol. The lowest BCUT2D eigenvalue weighted by Crippen LogP contribution is -2.25. The zero-order chi connectivity index (χ0) is 19.6. The van der Waals surface area contributed by atoms with E-state index in [1.54, 1.807) is 6.92 Å². The average Bonchev–Trinajstić information content (AvgIpc) is 2.59. The van der Waals surface area contributed by atoms with Crippen LogP contribution in [-0.2, 0) is 33.3 Å². The Bertz CT molecular complexity index is 438. The van der Waals surface area contributed by atoms with Crippen LogP contribution in [0.4, 0.5) is 0 Å². The number of ether oxygens (including phenoxy) is 4. The minimum absolute atomic E-state index is 0.0115. The first-order valence-corrected chi connectivity index (χ1v) is 8.48. The van der Waals surface area contributed by atoms with Gasteiger partial charge in [-0.15, -0.1) is 0 Å². The standard InChI is InChI=1S/C17H29NO8/c1-14(2)17(22)26-13-12-25-11-10-24-9-8-23-7-3-6-18-15(19)4-5-16(20)21/h1,3-13H2,2H3,(H,18,19)(H,20,21). The summed E-state index contributed by atoms with van der Waals surface area (Å²) in [6, 6.07) is 0. The van der Waals surface area contributed by atoms with Gasteiger partial charge in [-0.2, -0.15) is 0 Å². The number of carboxylic acids is 1. The Morgan fingerprint density at radius 2 is 1.42 bits per heavy atom. The van der Waals surface area contributed by atoms with Crippen LogP contribution in [0, 0.1) is 0 Å². The van der Waals surface area contributed by atoms with E-state index in [0.29, 0.717) is 58.2 Å². The molecule has 0 heterocycles. The van der Waals surface area contributed by atoms with E-state index in [1.807, 2.05) is 0 Å². The highest BCUT2D eigenvalue weighted by Crippen LogP contribution is 1.92. The molecule has 9 nitrogen and oxygen atoms in total. The fraction of sp³-hybridized carbons (Fsp3) is 0.706. The smallest absolute Gasteiger partial charge is 0.333 e. The Morgan fingerprint density at radius 1 is 0.885 bits per heavy atom. The molecule has 150 valence electrons. The molecule has 0 aliphatic carbocycles. The highest BCUT2D eigenvalue weighted by Gasteiger charge is 2.04. The summed E-state index contributed by atoms with van der Waals surface area (Å²) < 4.78 is 20.7. The topological polar surface area (TPSA) is 120 Å². The maximum atomic E-state index is 11.2. The molecule has 0 aromatic rings. The van der Waals surface area contributed by atoms with Gasteiger partial charge in [-0.25, -0.2) is 4.79 Å². The van der Waals surface area contributed by atoms with Gasteiger partial charge in [-0.1, -0.05) is 6.58 Å². The third-order valence-corrected chi connectivity index (χ3v) is 2.91. The summed E-state index contributed by atoms with van der Waals surface area (Å²) in [7, 11) is 0. The number of aliphatic carboxylic acids is 1. The summed E-state index contributed by atoms with van der Waals surface area (Å²) >= 11 is 0. The van der Waals surface area contributed by atoms with Gasteiger partial charge in [0.15, 0.2) is 0 Å². The highest BCUT2D eigenvalue weighted by atomic mass is 16.6. The van der Waals surface area contributed by atoms with Gasteiger partial charge in [-0.05, 0) is 13.3 Å².